The van der Waals surface area contributed by atoms with Crippen molar-refractivity contribution in [2.75, 3.05) is 33.0 Å². The molecule has 0 atom stereocenters. The molecule has 0 aliphatic carbocycles. The zero-order valence-electron chi connectivity index (χ0n) is 18.0. The van der Waals surface area contributed by atoms with Crippen LogP contribution in [0.3, 0.4) is 0 Å². The van der Waals surface area contributed by atoms with Gasteiger partial charge in [-0.25, -0.2) is 8.42 Å². The number of hydrogen-bond donors (Lipinski definition) is 0. The summed E-state index contributed by atoms with van der Waals surface area (Å²) >= 11 is 1.06. The van der Waals surface area contributed by atoms with E-state index < -0.39 is 10.0 Å². The van der Waals surface area contributed by atoms with Crippen LogP contribution >= 0.6 is 11.3 Å². The Bertz CT molecular complexity index is 1390. The topological polar surface area (TPSA) is 98.2 Å². The fourth-order valence-corrected chi connectivity index (χ4v) is 6.62. The number of carbonyl (C=O) groups is 1. The first-order valence-electron chi connectivity index (χ1n) is 10.7. The Morgan fingerprint density at radius 3 is 2.55 bits per heavy atom. The van der Waals surface area contributed by atoms with Gasteiger partial charge >= 0.3 is 4.87 Å². The lowest BCUT2D eigenvalue weighted by molar-refractivity contribution is 0.0697. The molecule has 0 N–H and O–H groups in total. The molecule has 3 heterocycles. The summed E-state index contributed by atoms with van der Waals surface area (Å²) in [4.78, 5) is 26.8. The summed E-state index contributed by atoms with van der Waals surface area (Å²) in [6, 6.07) is 9.88. The SMILES string of the molecule is CCCn1c(=O)sc2cc(S(=O)(=O)N3CCN(C(=O)c4ccc5c(c4)OCO5)CC3)ccc21. The van der Waals surface area contributed by atoms with Crippen molar-refractivity contribution in [2.45, 2.75) is 24.8 Å². The van der Waals surface area contributed by atoms with Crippen molar-refractivity contribution < 1.29 is 22.7 Å². The van der Waals surface area contributed by atoms with Gasteiger partial charge in [0.15, 0.2) is 11.5 Å². The summed E-state index contributed by atoms with van der Waals surface area (Å²) < 4.78 is 40.8. The zero-order valence-corrected chi connectivity index (χ0v) is 19.7. The van der Waals surface area contributed by atoms with Gasteiger partial charge in [0.05, 0.1) is 15.1 Å². The van der Waals surface area contributed by atoms with Gasteiger partial charge in [-0.3, -0.25) is 14.2 Å². The average Bonchev–Trinajstić information content (AvgIpc) is 3.42. The van der Waals surface area contributed by atoms with Crippen LogP contribution in [0, 0.1) is 0 Å². The molecule has 11 heteroatoms. The van der Waals surface area contributed by atoms with E-state index in [9.17, 15) is 18.0 Å². The van der Waals surface area contributed by atoms with E-state index in [1.165, 1.54) is 4.31 Å². The van der Waals surface area contributed by atoms with Gasteiger partial charge in [-0.15, -0.1) is 0 Å². The maximum atomic E-state index is 13.2. The number of thiazole rings is 1. The highest BCUT2D eigenvalue weighted by molar-refractivity contribution is 7.89. The number of piperazine rings is 1. The fourth-order valence-electron chi connectivity index (χ4n) is 4.14. The molecule has 0 unspecified atom stereocenters. The second-order valence-electron chi connectivity index (χ2n) is 7.91. The van der Waals surface area contributed by atoms with E-state index in [2.05, 4.69) is 0 Å². The average molecular weight is 490 g/mol. The summed E-state index contributed by atoms with van der Waals surface area (Å²) in [7, 11) is -3.74. The molecule has 1 saturated heterocycles. The van der Waals surface area contributed by atoms with Gasteiger partial charge in [0.1, 0.15) is 0 Å². The smallest absolute Gasteiger partial charge is 0.308 e. The van der Waals surface area contributed by atoms with E-state index in [1.54, 1.807) is 45.9 Å². The van der Waals surface area contributed by atoms with Crippen LogP contribution in [0.25, 0.3) is 10.2 Å². The second kappa shape index (κ2) is 8.47. The zero-order chi connectivity index (χ0) is 23.2. The number of carbonyl (C=O) groups excluding carboxylic acids is 1. The lowest BCUT2D eigenvalue weighted by Crippen LogP contribution is -2.50. The summed E-state index contributed by atoms with van der Waals surface area (Å²) in [5.41, 5.74) is 1.23. The van der Waals surface area contributed by atoms with E-state index >= 15 is 0 Å². The lowest BCUT2D eigenvalue weighted by atomic mass is 10.1. The standard InChI is InChI=1S/C22H23N3O6S2/c1-2-7-25-17-5-4-16(13-20(17)32-22(25)27)33(28,29)24-10-8-23(9-11-24)21(26)15-3-6-18-19(12-15)31-14-30-18/h3-6,12-13H,2,7-11,14H2,1H3. The first kappa shape index (κ1) is 21.9. The predicted octanol–water partition coefficient (Wildman–Crippen LogP) is 2.35. The van der Waals surface area contributed by atoms with Crippen LogP contribution in [0.4, 0.5) is 0 Å². The Morgan fingerprint density at radius 2 is 1.79 bits per heavy atom. The molecule has 0 spiro atoms. The number of amides is 1. The van der Waals surface area contributed by atoms with Crippen molar-refractivity contribution >= 4 is 37.5 Å². The number of benzene rings is 2. The Kier molecular flexibility index (Phi) is 5.63. The van der Waals surface area contributed by atoms with Gasteiger partial charge in [-0.05, 0) is 42.8 Å². The predicted molar refractivity (Wildman–Crippen MR) is 124 cm³/mol. The van der Waals surface area contributed by atoms with Crippen molar-refractivity contribution in [3.63, 3.8) is 0 Å². The minimum absolute atomic E-state index is 0.0861. The first-order valence-corrected chi connectivity index (χ1v) is 13.0. The van der Waals surface area contributed by atoms with Crippen molar-refractivity contribution in [3.8, 4) is 11.5 Å². The molecule has 2 aliphatic heterocycles. The minimum atomic E-state index is -3.74. The number of fused-ring (bicyclic) bond motifs is 2. The van der Waals surface area contributed by atoms with Crippen LogP contribution in [0.5, 0.6) is 11.5 Å². The third-order valence-corrected chi connectivity index (χ3v) is 8.71. The summed E-state index contributed by atoms with van der Waals surface area (Å²) in [5, 5.41) is 0. The van der Waals surface area contributed by atoms with E-state index in [0.717, 1.165) is 23.3 Å². The molecular weight excluding hydrogens is 466 g/mol. The molecular formula is C22H23N3O6S2. The molecule has 33 heavy (non-hydrogen) atoms. The molecule has 1 aromatic heterocycles. The fraction of sp³-hybridized carbons (Fsp3) is 0.364. The first-order chi connectivity index (χ1) is 15.9. The maximum Gasteiger partial charge on any atom is 0.308 e. The Hall–Kier alpha value is -2.89. The molecule has 5 rings (SSSR count). The second-order valence-corrected chi connectivity index (χ2v) is 10.8. The van der Waals surface area contributed by atoms with E-state index in [0.29, 0.717) is 28.3 Å². The van der Waals surface area contributed by atoms with Crippen LogP contribution in [-0.2, 0) is 16.6 Å². The molecule has 1 amide bonds. The number of sulfonamides is 1. The van der Waals surface area contributed by atoms with Crippen LogP contribution in [-0.4, -0.2) is 61.1 Å². The summed E-state index contributed by atoms with van der Waals surface area (Å²) in [6.45, 7) is 3.70. The Balaban J connectivity index is 1.31. The highest BCUT2D eigenvalue weighted by Gasteiger charge is 2.31. The van der Waals surface area contributed by atoms with Crippen molar-refractivity contribution in [2.24, 2.45) is 0 Å². The third-order valence-electron chi connectivity index (χ3n) is 5.87. The molecule has 3 aromatic rings. The van der Waals surface area contributed by atoms with Crippen molar-refractivity contribution in [1.82, 2.24) is 13.8 Å². The molecule has 2 aliphatic rings. The van der Waals surface area contributed by atoms with E-state index in [4.69, 9.17) is 9.47 Å². The summed E-state index contributed by atoms with van der Waals surface area (Å²) in [5.74, 6) is 0.968. The van der Waals surface area contributed by atoms with Crippen LogP contribution in [0.2, 0.25) is 0 Å². The number of rotatable bonds is 5. The van der Waals surface area contributed by atoms with Gasteiger partial charge in [0.25, 0.3) is 5.91 Å². The number of hydrogen-bond acceptors (Lipinski definition) is 7. The molecule has 174 valence electrons. The number of nitrogens with zero attached hydrogens (tertiary/aromatic N) is 3. The molecule has 9 nitrogen and oxygen atoms in total. The highest BCUT2D eigenvalue weighted by Crippen LogP contribution is 2.33. The summed E-state index contributed by atoms with van der Waals surface area (Å²) in [6.07, 6.45) is 0.820. The molecule has 1 fully saturated rings. The molecule has 0 radical (unpaired) electrons. The normalized spacial score (nSPS) is 16.5. The highest BCUT2D eigenvalue weighted by atomic mass is 32.2. The molecule has 0 saturated carbocycles. The number of ether oxygens (including phenoxy) is 2. The largest absolute Gasteiger partial charge is 0.454 e. The maximum absolute atomic E-state index is 13.2. The van der Waals surface area contributed by atoms with Crippen LogP contribution in [0.1, 0.15) is 23.7 Å². The quantitative estimate of drug-likeness (QED) is 0.546. The van der Waals surface area contributed by atoms with Crippen molar-refractivity contribution in [3.05, 3.63) is 51.6 Å². The Labute approximate surface area is 194 Å². The number of aryl methyl sites for hydroxylation is 1. The van der Waals surface area contributed by atoms with Crippen LogP contribution < -0.4 is 14.3 Å². The van der Waals surface area contributed by atoms with Gasteiger partial charge in [0.2, 0.25) is 16.8 Å². The Morgan fingerprint density at radius 1 is 1.03 bits per heavy atom. The number of aromatic nitrogens is 1. The third kappa shape index (κ3) is 3.90. The molecule has 0 bridgehead atoms. The van der Waals surface area contributed by atoms with Gasteiger partial charge in [-0.1, -0.05) is 18.3 Å². The van der Waals surface area contributed by atoms with Gasteiger partial charge in [0, 0.05) is 38.3 Å². The minimum Gasteiger partial charge on any atom is -0.454 e. The van der Waals surface area contributed by atoms with E-state index in [1.807, 2.05) is 6.92 Å². The van der Waals surface area contributed by atoms with Gasteiger partial charge in [-0.2, -0.15) is 4.31 Å². The monoisotopic (exact) mass is 489 g/mol. The van der Waals surface area contributed by atoms with Crippen molar-refractivity contribution in [1.29, 1.82) is 0 Å². The molecule has 2 aromatic carbocycles. The van der Waals surface area contributed by atoms with E-state index in [-0.39, 0.29) is 48.6 Å². The van der Waals surface area contributed by atoms with Gasteiger partial charge < -0.3 is 14.4 Å². The van der Waals surface area contributed by atoms with Crippen LogP contribution in [0.15, 0.2) is 46.1 Å². The lowest BCUT2D eigenvalue weighted by Gasteiger charge is -2.34.